The minimum Gasteiger partial charge on any atom is -0.322 e. The van der Waals surface area contributed by atoms with Crippen molar-refractivity contribution in [1.29, 1.82) is 0 Å². The van der Waals surface area contributed by atoms with Crippen LogP contribution in [0.25, 0.3) is 16.6 Å². The Kier molecular flexibility index (Phi) is 6.02. The number of pyridine rings is 3. The van der Waals surface area contributed by atoms with Gasteiger partial charge in [-0.15, -0.1) is 0 Å². The third kappa shape index (κ3) is 4.86. The van der Waals surface area contributed by atoms with Crippen molar-refractivity contribution in [2.45, 2.75) is 0 Å². The molecule has 0 spiro atoms. The fourth-order valence-corrected chi connectivity index (χ4v) is 5.00. The second-order valence-electron chi connectivity index (χ2n) is 9.95. The molecule has 3 N–H and O–H groups in total. The van der Waals surface area contributed by atoms with Crippen molar-refractivity contribution < 1.29 is 14.4 Å². The molecule has 0 aliphatic rings. The average molecular weight is 553 g/mol. The first kappa shape index (κ1) is 24.9. The van der Waals surface area contributed by atoms with Crippen molar-refractivity contribution in [1.82, 2.24) is 13.2 Å². The molecule has 1 aromatic carbocycles. The molecule has 0 radical (unpaired) electrons. The number of nitrogens with one attached hydrogen (secondary N) is 3. The van der Waals surface area contributed by atoms with Gasteiger partial charge >= 0.3 is 0 Å². The van der Waals surface area contributed by atoms with E-state index in [1.165, 1.54) is 18.2 Å². The third-order valence-corrected chi connectivity index (χ3v) is 7.01. The van der Waals surface area contributed by atoms with Crippen molar-refractivity contribution in [2.24, 2.45) is 0 Å². The lowest BCUT2D eigenvalue weighted by atomic mass is 10.0. The molecule has 7 rings (SSSR count). The summed E-state index contributed by atoms with van der Waals surface area (Å²) in [6.45, 7) is 0. The second kappa shape index (κ2) is 10.1. The zero-order valence-electron chi connectivity index (χ0n) is 22.2. The Morgan fingerprint density at radius 1 is 0.429 bits per heavy atom. The van der Waals surface area contributed by atoms with Crippen molar-refractivity contribution in [3.8, 4) is 0 Å². The van der Waals surface area contributed by atoms with Crippen molar-refractivity contribution in [2.75, 3.05) is 16.0 Å². The van der Waals surface area contributed by atoms with Crippen LogP contribution in [0.3, 0.4) is 0 Å². The number of fused-ring (bicyclic) bond motifs is 3. The molecule has 0 saturated carbocycles. The topological polar surface area (TPSA) is 101 Å². The normalized spacial score (nSPS) is 11.1. The molecule has 204 valence electrons. The van der Waals surface area contributed by atoms with Gasteiger partial charge < -0.3 is 29.2 Å². The largest absolute Gasteiger partial charge is 0.322 e. The number of nitrogens with zero attached hydrogens (tertiary/aromatic N) is 3. The number of aromatic nitrogens is 3. The first-order valence-electron chi connectivity index (χ1n) is 13.3. The molecular weight excluding hydrogens is 528 g/mol. The van der Waals surface area contributed by atoms with Gasteiger partial charge in [-0.25, -0.2) is 0 Å². The van der Waals surface area contributed by atoms with Crippen LogP contribution in [0.2, 0.25) is 0 Å². The van der Waals surface area contributed by atoms with Gasteiger partial charge in [-0.05, 0) is 72.8 Å². The van der Waals surface area contributed by atoms with Crippen LogP contribution in [-0.4, -0.2) is 30.9 Å². The molecule has 9 heteroatoms. The van der Waals surface area contributed by atoms with E-state index in [0.717, 1.165) is 16.6 Å². The minimum absolute atomic E-state index is 0.173. The van der Waals surface area contributed by atoms with Gasteiger partial charge in [0.1, 0.15) is 0 Å². The Morgan fingerprint density at radius 2 is 0.738 bits per heavy atom. The van der Waals surface area contributed by atoms with Gasteiger partial charge in [0.2, 0.25) is 0 Å². The summed E-state index contributed by atoms with van der Waals surface area (Å²) in [7, 11) is 0. The molecule has 0 aliphatic heterocycles. The molecule has 7 aromatic rings. The SMILES string of the molecule is O=C(Nc1cc2ccccn2c1)c1cc(C(=O)Nc2cc3ccccn3c2)cc(C(=O)Nc2cc3ccccn3c2)c1. The van der Waals surface area contributed by atoms with Crippen molar-refractivity contribution in [3.05, 3.63) is 145 Å². The number of carbonyl (C=O) groups excluding carboxylic acids is 3. The molecule has 42 heavy (non-hydrogen) atoms. The highest BCUT2D eigenvalue weighted by atomic mass is 16.2. The summed E-state index contributed by atoms with van der Waals surface area (Å²) in [6, 6.07) is 27.2. The highest BCUT2D eigenvalue weighted by Crippen LogP contribution is 2.21. The van der Waals surface area contributed by atoms with E-state index in [1.54, 1.807) is 18.6 Å². The van der Waals surface area contributed by atoms with Crippen LogP contribution in [0.15, 0.2) is 128 Å². The number of carbonyl (C=O) groups is 3. The highest BCUT2D eigenvalue weighted by Gasteiger charge is 2.18. The lowest BCUT2D eigenvalue weighted by molar-refractivity contribution is 0.102. The van der Waals surface area contributed by atoms with Crippen LogP contribution < -0.4 is 16.0 Å². The lowest BCUT2D eigenvalue weighted by Crippen LogP contribution is -2.19. The summed E-state index contributed by atoms with van der Waals surface area (Å²) in [6.07, 6.45) is 11.0. The van der Waals surface area contributed by atoms with Gasteiger partial charge in [-0.1, -0.05) is 18.2 Å². The van der Waals surface area contributed by atoms with E-state index in [4.69, 9.17) is 0 Å². The standard InChI is InChI=1S/C33H24N6O3/c40-31(34-25-16-28-7-1-4-10-37(28)19-25)22-13-23(32(41)35-26-17-29-8-2-5-11-38(29)20-26)15-24(14-22)33(42)36-27-18-30-9-3-6-12-39(30)21-27/h1-21H,(H,34,40)(H,35,41)(H,36,42). The predicted octanol–water partition coefficient (Wildman–Crippen LogP) is 6.20. The molecule has 3 amide bonds. The van der Waals surface area contributed by atoms with Crippen LogP contribution in [0.5, 0.6) is 0 Å². The van der Waals surface area contributed by atoms with Gasteiger partial charge in [-0.2, -0.15) is 0 Å². The van der Waals surface area contributed by atoms with E-state index < -0.39 is 17.7 Å². The second-order valence-corrected chi connectivity index (χ2v) is 9.95. The van der Waals surface area contributed by atoms with E-state index in [0.29, 0.717) is 17.1 Å². The van der Waals surface area contributed by atoms with E-state index in [2.05, 4.69) is 16.0 Å². The number of hydrogen-bond donors (Lipinski definition) is 3. The number of amides is 3. The number of anilines is 3. The van der Waals surface area contributed by atoms with E-state index in [1.807, 2.05) is 105 Å². The molecule has 9 nitrogen and oxygen atoms in total. The van der Waals surface area contributed by atoms with Gasteiger partial charge in [-0.3, -0.25) is 14.4 Å². The Balaban J connectivity index is 1.20. The van der Waals surface area contributed by atoms with Crippen LogP contribution in [0, 0.1) is 0 Å². The molecule has 0 aliphatic carbocycles. The minimum atomic E-state index is -0.446. The van der Waals surface area contributed by atoms with E-state index >= 15 is 0 Å². The Bertz CT molecular complexity index is 1800. The van der Waals surface area contributed by atoms with Crippen molar-refractivity contribution >= 4 is 51.3 Å². The molecule has 6 heterocycles. The van der Waals surface area contributed by atoms with Crippen LogP contribution in [0.1, 0.15) is 31.1 Å². The molecule has 0 saturated heterocycles. The van der Waals surface area contributed by atoms with Crippen LogP contribution in [-0.2, 0) is 0 Å². The molecular formula is C33H24N6O3. The van der Waals surface area contributed by atoms with Gasteiger partial charge in [0, 0.05) is 70.4 Å². The molecule has 0 bridgehead atoms. The van der Waals surface area contributed by atoms with Crippen molar-refractivity contribution in [3.63, 3.8) is 0 Å². The predicted molar refractivity (Wildman–Crippen MR) is 162 cm³/mol. The molecule has 0 fully saturated rings. The van der Waals surface area contributed by atoms with E-state index in [-0.39, 0.29) is 16.7 Å². The number of benzene rings is 1. The average Bonchev–Trinajstić information content (AvgIpc) is 3.72. The summed E-state index contributed by atoms with van der Waals surface area (Å²) >= 11 is 0. The Morgan fingerprint density at radius 3 is 1.02 bits per heavy atom. The van der Waals surface area contributed by atoms with E-state index in [9.17, 15) is 14.4 Å². The zero-order chi connectivity index (χ0) is 28.6. The summed E-state index contributed by atoms with van der Waals surface area (Å²) in [5, 5.41) is 8.65. The summed E-state index contributed by atoms with van der Waals surface area (Å²) in [5.41, 5.74) is 5.04. The Labute approximate surface area is 239 Å². The molecule has 0 atom stereocenters. The first-order chi connectivity index (χ1) is 20.5. The highest BCUT2D eigenvalue weighted by molar-refractivity contribution is 6.13. The maximum atomic E-state index is 13.4. The maximum Gasteiger partial charge on any atom is 0.255 e. The summed E-state index contributed by atoms with van der Waals surface area (Å²) in [5.74, 6) is -1.34. The summed E-state index contributed by atoms with van der Waals surface area (Å²) in [4.78, 5) is 40.2. The first-order valence-corrected chi connectivity index (χ1v) is 13.3. The zero-order valence-corrected chi connectivity index (χ0v) is 22.2. The van der Waals surface area contributed by atoms with Gasteiger partial charge in [0.05, 0.1) is 17.1 Å². The van der Waals surface area contributed by atoms with Gasteiger partial charge in [0.25, 0.3) is 17.7 Å². The fourth-order valence-electron chi connectivity index (χ4n) is 5.00. The Hall–Kier alpha value is -6.09. The molecule has 0 unspecified atom stereocenters. The summed E-state index contributed by atoms with van der Waals surface area (Å²) < 4.78 is 5.67. The maximum absolute atomic E-state index is 13.4. The van der Waals surface area contributed by atoms with Crippen LogP contribution in [0.4, 0.5) is 17.1 Å². The van der Waals surface area contributed by atoms with Gasteiger partial charge in [0.15, 0.2) is 0 Å². The fraction of sp³-hybridized carbons (Fsp3) is 0. The number of rotatable bonds is 6. The quantitative estimate of drug-likeness (QED) is 0.229. The smallest absolute Gasteiger partial charge is 0.255 e. The monoisotopic (exact) mass is 552 g/mol. The lowest BCUT2D eigenvalue weighted by Gasteiger charge is -2.10. The van der Waals surface area contributed by atoms with Crippen LogP contribution >= 0.6 is 0 Å². The molecule has 6 aromatic heterocycles. The third-order valence-electron chi connectivity index (χ3n) is 7.01. The number of hydrogen-bond acceptors (Lipinski definition) is 3.